The summed E-state index contributed by atoms with van der Waals surface area (Å²) < 4.78 is 0. The molecule has 2 atom stereocenters. The van der Waals surface area contributed by atoms with E-state index >= 15 is 0 Å². The van der Waals surface area contributed by atoms with E-state index in [0.29, 0.717) is 17.9 Å². The molecule has 0 amide bonds. The fraction of sp³-hybridized carbons (Fsp3) is 0.286. The molecule has 1 aliphatic rings. The highest BCUT2D eigenvalue weighted by molar-refractivity contribution is 5.48. The first-order valence-corrected chi connectivity index (χ1v) is 6.14. The Morgan fingerprint density at radius 1 is 1.28 bits per heavy atom. The van der Waals surface area contributed by atoms with E-state index in [2.05, 4.69) is 39.6 Å². The van der Waals surface area contributed by atoms with Crippen LogP contribution in [0.1, 0.15) is 23.5 Å². The van der Waals surface area contributed by atoms with Gasteiger partial charge in [-0.1, -0.05) is 30.3 Å². The predicted octanol–water partition coefficient (Wildman–Crippen LogP) is 2.34. The van der Waals surface area contributed by atoms with E-state index in [1.807, 2.05) is 13.0 Å². The van der Waals surface area contributed by atoms with Gasteiger partial charge in [0.1, 0.15) is 5.82 Å². The van der Waals surface area contributed by atoms with E-state index in [4.69, 9.17) is 5.73 Å². The standard InChI is InChI=1S/C14H16N4/c1-9-8-16-14(15)18-13(9)17-12-7-11(12)10-5-3-2-4-6-10/h2-6,8,11-12H,7H2,1H3,(H3,15,16,17,18). The molecule has 1 aromatic carbocycles. The van der Waals surface area contributed by atoms with Crippen molar-refractivity contribution in [2.45, 2.75) is 25.3 Å². The van der Waals surface area contributed by atoms with Gasteiger partial charge >= 0.3 is 0 Å². The van der Waals surface area contributed by atoms with Crippen LogP contribution >= 0.6 is 0 Å². The van der Waals surface area contributed by atoms with Gasteiger partial charge in [0, 0.05) is 23.7 Å². The van der Waals surface area contributed by atoms with Crippen LogP contribution < -0.4 is 11.1 Å². The molecular formula is C14H16N4. The summed E-state index contributed by atoms with van der Waals surface area (Å²) in [6.07, 6.45) is 2.90. The summed E-state index contributed by atoms with van der Waals surface area (Å²) in [5.41, 5.74) is 8.02. The molecule has 4 nitrogen and oxygen atoms in total. The number of nitrogens with one attached hydrogen (secondary N) is 1. The summed E-state index contributed by atoms with van der Waals surface area (Å²) >= 11 is 0. The molecule has 4 heteroatoms. The van der Waals surface area contributed by atoms with Gasteiger partial charge < -0.3 is 11.1 Å². The van der Waals surface area contributed by atoms with Gasteiger partial charge in [-0.15, -0.1) is 0 Å². The third kappa shape index (κ3) is 2.14. The molecule has 3 rings (SSSR count). The highest BCUT2D eigenvalue weighted by Gasteiger charge is 2.38. The Labute approximate surface area is 106 Å². The van der Waals surface area contributed by atoms with Gasteiger partial charge in [-0.2, -0.15) is 4.98 Å². The zero-order chi connectivity index (χ0) is 12.5. The summed E-state index contributed by atoms with van der Waals surface area (Å²) in [5, 5.41) is 3.44. The van der Waals surface area contributed by atoms with Gasteiger partial charge in [0.25, 0.3) is 0 Å². The number of aryl methyl sites for hydroxylation is 1. The first-order valence-electron chi connectivity index (χ1n) is 6.14. The number of nitrogen functional groups attached to an aromatic ring is 1. The molecule has 1 fully saturated rings. The van der Waals surface area contributed by atoms with Crippen molar-refractivity contribution in [3.05, 3.63) is 47.7 Å². The third-order valence-electron chi connectivity index (χ3n) is 3.33. The molecule has 0 radical (unpaired) electrons. The molecule has 2 unspecified atom stereocenters. The normalized spacial score (nSPS) is 21.6. The lowest BCUT2D eigenvalue weighted by molar-refractivity contribution is 1.01. The molecule has 0 spiro atoms. The van der Waals surface area contributed by atoms with Crippen molar-refractivity contribution in [3.8, 4) is 0 Å². The summed E-state index contributed by atoms with van der Waals surface area (Å²) in [5.74, 6) is 1.76. The Balaban J connectivity index is 1.71. The van der Waals surface area contributed by atoms with E-state index in [9.17, 15) is 0 Å². The molecular weight excluding hydrogens is 224 g/mol. The average Bonchev–Trinajstić information content (AvgIpc) is 3.14. The van der Waals surface area contributed by atoms with Crippen molar-refractivity contribution in [2.24, 2.45) is 0 Å². The van der Waals surface area contributed by atoms with Crippen LogP contribution in [0.25, 0.3) is 0 Å². The van der Waals surface area contributed by atoms with Crippen LogP contribution in [0, 0.1) is 6.92 Å². The lowest BCUT2D eigenvalue weighted by Gasteiger charge is -2.08. The number of nitrogens with two attached hydrogens (primary N) is 1. The second-order valence-electron chi connectivity index (χ2n) is 4.76. The minimum atomic E-state index is 0.319. The van der Waals surface area contributed by atoms with Gasteiger partial charge in [0.2, 0.25) is 5.95 Å². The molecule has 0 saturated heterocycles. The van der Waals surface area contributed by atoms with Crippen LogP contribution in [-0.2, 0) is 0 Å². The highest BCUT2D eigenvalue weighted by Crippen LogP contribution is 2.42. The first kappa shape index (κ1) is 11.0. The molecule has 3 N–H and O–H groups in total. The molecule has 1 aliphatic carbocycles. The second kappa shape index (κ2) is 4.29. The Morgan fingerprint density at radius 2 is 2.06 bits per heavy atom. The number of hydrogen-bond acceptors (Lipinski definition) is 4. The maximum Gasteiger partial charge on any atom is 0.221 e. The van der Waals surface area contributed by atoms with E-state index < -0.39 is 0 Å². The maximum atomic E-state index is 5.61. The van der Waals surface area contributed by atoms with Crippen LogP contribution in [0.5, 0.6) is 0 Å². The average molecular weight is 240 g/mol. The van der Waals surface area contributed by atoms with Crippen LogP contribution in [-0.4, -0.2) is 16.0 Å². The largest absolute Gasteiger partial charge is 0.368 e. The van der Waals surface area contributed by atoms with Gasteiger partial charge in [-0.3, -0.25) is 0 Å². The molecule has 2 aromatic rings. The lowest BCUT2D eigenvalue weighted by atomic mass is 10.1. The van der Waals surface area contributed by atoms with Gasteiger partial charge in [-0.25, -0.2) is 4.98 Å². The number of anilines is 2. The number of rotatable bonds is 3. The monoisotopic (exact) mass is 240 g/mol. The van der Waals surface area contributed by atoms with Gasteiger partial charge in [-0.05, 0) is 18.9 Å². The zero-order valence-electron chi connectivity index (χ0n) is 10.3. The van der Waals surface area contributed by atoms with Crippen molar-refractivity contribution >= 4 is 11.8 Å². The summed E-state index contributed by atoms with van der Waals surface area (Å²) in [6, 6.07) is 11.0. The number of nitrogens with zero attached hydrogens (tertiary/aromatic N) is 2. The Bertz CT molecular complexity index is 553. The SMILES string of the molecule is Cc1cnc(N)nc1NC1CC1c1ccccc1. The molecule has 18 heavy (non-hydrogen) atoms. The second-order valence-corrected chi connectivity index (χ2v) is 4.76. The summed E-state index contributed by atoms with van der Waals surface area (Å²) in [7, 11) is 0. The Morgan fingerprint density at radius 3 is 2.83 bits per heavy atom. The molecule has 0 aliphatic heterocycles. The van der Waals surface area contributed by atoms with E-state index in [0.717, 1.165) is 17.8 Å². The highest BCUT2D eigenvalue weighted by atomic mass is 15.1. The maximum absolute atomic E-state index is 5.61. The molecule has 0 bridgehead atoms. The van der Waals surface area contributed by atoms with Crippen molar-refractivity contribution in [1.82, 2.24) is 9.97 Å². The van der Waals surface area contributed by atoms with E-state index in [1.165, 1.54) is 5.56 Å². The van der Waals surface area contributed by atoms with Crippen LogP contribution in [0.2, 0.25) is 0 Å². The fourth-order valence-corrected chi connectivity index (χ4v) is 2.20. The predicted molar refractivity (Wildman–Crippen MR) is 72.4 cm³/mol. The zero-order valence-corrected chi connectivity index (χ0v) is 10.3. The molecule has 1 aromatic heterocycles. The smallest absolute Gasteiger partial charge is 0.221 e. The van der Waals surface area contributed by atoms with E-state index in [-0.39, 0.29) is 0 Å². The van der Waals surface area contributed by atoms with Crippen LogP contribution in [0.4, 0.5) is 11.8 Å². The van der Waals surface area contributed by atoms with Crippen LogP contribution in [0.3, 0.4) is 0 Å². The van der Waals surface area contributed by atoms with Crippen molar-refractivity contribution in [2.75, 3.05) is 11.1 Å². The minimum Gasteiger partial charge on any atom is -0.368 e. The van der Waals surface area contributed by atoms with Crippen molar-refractivity contribution in [3.63, 3.8) is 0 Å². The fourth-order valence-electron chi connectivity index (χ4n) is 2.20. The number of hydrogen-bond donors (Lipinski definition) is 2. The summed E-state index contributed by atoms with van der Waals surface area (Å²) in [4.78, 5) is 8.21. The van der Waals surface area contributed by atoms with Crippen LogP contribution in [0.15, 0.2) is 36.5 Å². The van der Waals surface area contributed by atoms with Crippen molar-refractivity contribution in [1.29, 1.82) is 0 Å². The quantitative estimate of drug-likeness (QED) is 0.864. The topological polar surface area (TPSA) is 63.8 Å². The number of aromatic nitrogens is 2. The van der Waals surface area contributed by atoms with Gasteiger partial charge in [0.05, 0.1) is 0 Å². The lowest BCUT2D eigenvalue weighted by Crippen LogP contribution is -2.09. The minimum absolute atomic E-state index is 0.319. The first-order chi connectivity index (χ1) is 8.74. The Hall–Kier alpha value is -2.10. The molecule has 1 heterocycles. The molecule has 92 valence electrons. The van der Waals surface area contributed by atoms with E-state index in [1.54, 1.807) is 6.20 Å². The molecule has 1 saturated carbocycles. The number of benzene rings is 1. The third-order valence-corrected chi connectivity index (χ3v) is 3.33. The summed E-state index contributed by atoms with van der Waals surface area (Å²) in [6.45, 7) is 1.99. The van der Waals surface area contributed by atoms with Crippen molar-refractivity contribution < 1.29 is 0 Å². The van der Waals surface area contributed by atoms with Gasteiger partial charge in [0.15, 0.2) is 0 Å². The Kier molecular flexibility index (Phi) is 2.63.